The van der Waals surface area contributed by atoms with E-state index in [9.17, 15) is 14.4 Å². The van der Waals surface area contributed by atoms with Crippen molar-refractivity contribution in [3.05, 3.63) is 66.0 Å². The summed E-state index contributed by atoms with van der Waals surface area (Å²) in [6, 6.07) is 10.2. The molecule has 7 nitrogen and oxygen atoms in total. The van der Waals surface area contributed by atoms with E-state index in [2.05, 4.69) is 15.6 Å². The molecule has 0 radical (unpaired) electrons. The molecule has 2 rings (SSSR count). The molecule has 0 spiro atoms. The van der Waals surface area contributed by atoms with Gasteiger partial charge < -0.3 is 16.4 Å². The fourth-order valence-electron chi connectivity index (χ4n) is 2.62. The van der Waals surface area contributed by atoms with Crippen molar-refractivity contribution in [1.29, 1.82) is 0 Å². The molecule has 1 heterocycles. The lowest BCUT2D eigenvalue weighted by Gasteiger charge is -2.06. The predicted molar refractivity (Wildman–Crippen MR) is 113 cm³/mol. The minimum atomic E-state index is -0.497. The number of nitrogens with zero attached hydrogens (tertiary/aromatic N) is 1. The van der Waals surface area contributed by atoms with Crippen molar-refractivity contribution in [1.82, 2.24) is 10.3 Å². The van der Waals surface area contributed by atoms with Crippen molar-refractivity contribution >= 4 is 29.5 Å². The van der Waals surface area contributed by atoms with Crippen LogP contribution in [0.1, 0.15) is 48.0 Å². The molecule has 0 aliphatic carbocycles. The van der Waals surface area contributed by atoms with E-state index in [1.165, 1.54) is 6.08 Å². The molecule has 1 aromatic carbocycles. The Morgan fingerprint density at radius 3 is 2.45 bits per heavy atom. The Hall–Kier alpha value is -3.48. The maximum absolute atomic E-state index is 11.9. The topological polar surface area (TPSA) is 114 Å². The van der Waals surface area contributed by atoms with Gasteiger partial charge in [-0.05, 0) is 54.8 Å². The smallest absolute Gasteiger partial charge is 0.248 e. The Balaban J connectivity index is 1.52. The highest BCUT2D eigenvalue weighted by Gasteiger charge is 2.04. The summed E-state index contributed by atoms with van der Waals surface area (Å²) in [6.07, 6.45) is 10.5. The molecule has 0 bridgehead atoms. The fourth-order valence-corrected chi connectivity index (χ4v) is 2.62. The molecule has 0 saturated carbocycles. The highest BCUT2D eigenvalue weighted by Crippen LogP contribution is 2.11. The van der Waals surface area contributed by atoms with Gasteiger partial charge in [0.2, 0.25) is 17.7 Å². The third-order valence-electron chi connectivity index (χ3n) is 4.19. The van der Waals surface area contributed by atoms with Crippen LogP contribution in [0.15, 0.2) is 54.9 Å². The van der Waals surface area contributed by atoms with Crippen molar-refractivity contribution in [2.45, 2.75) is 32.1 Å². The summed E-state index contributed by atoms with van der Waals surface area (Å²) in [7, 11) is 0. The molecule has 0 aliphatic heterocycles. The highest BCUT2D eigenvalue weighted by atomic mass is 16.2. The molecule has 0 fully saturated rings. The van der Waals surface area contributed by atoms with Crippen molar-refractivity contribution in [3.8, 4) is 0 Å². The molecule has 152 valence electrons. The Bertz CT molecular complexity index is 833. The Morgan fingerprint density at radius 2 is 1.76 bits per heavy atom. The van der Waals surface area contributed by atoms with E-state index in [4.69, 9.17) is 5.73 Å². The van der Waals surface area contributed by atoms with Crippen molar-refractivity contribution in [2.75, 3.05) is 11.9 Å². The Morgan fingerprint density at radius 1 is 1.00 bits per heavy atom. The summed E-state index contributed by atoms with van der Waals surface area (Å²) in [5, 5.41) is 5.63. The monoisotopic (exact) mass is 394 g/mol. The van der Waals surface area contributed by atoms with Gasteiger partial charge in [-0.15, -0.1) is 0 Å². The zero-order chi connectivity index (χ0) is 20.9. The maximum Gasteiger partial charge on any atom is 0.248 e. The largest absolute Gasteiger partial charge is 0.366 e. The first-order valence-electron chi connectivity index (χ1n) is 9.60. The molecule has 0 unspecified atom stereocenters. The van der Waals surface area contributed by atoms with Crippen LogP contribution in [0.25, 0.3) is 6.08 Å². The molecule has 2 aromatic rings. The van der Waals surface area contributed by atoms with Crippen molar-refractivity contribution < 1.29 is 14.4 Å². The van der Waals surface area contributed by atoms with E-state index in [0.717, 1.165) is 31.2 Å². The van der Waals surface area contributed by atoms with Gasteiger partial charge in [0.05, 0.1) is 0 Å². The van der Waals surface area contributed by atoms with Crippen molar-refractivity contribution in [3.63, 3.8) is 0 Å². The standard InChI is InChI=1S/C22H26N4O3/c23-22(29)18-9-11-19(12-10-18)26-21(28)7-3-1-2-4-15-25-20(27)13-8-17-6-5-14-24-16-17/h5-6,8-14,16H,1-4,7,15H2,(H2,23,29)(H,25,27)(H,26,28)/b13-8+. The van der Waals surface area contributed by atoms with Crippen LogP contribution in [-0.4, -0.2) is 29.3 Å². The number of rotatable bonds is 11. The van der Waals surface area contributed by atoms with Crippen LogP contribution in [0.5, 0.6) is 0 Å². The summed E-state index contributed by atoms with van der Waals surface area (Å²) < 4.78 is 0. The zero-order valence-electron chi connectivity index (χ0n) is 16.3. The van der Waals surface area contributed by atoms with Gasteiger partial charge >= 0.3 is 0 Å². The average Bonchev–Trinajstić information content (AvgIpc) is 2.72. The van der Waals surface area contributed by atoms with Gasteiger partial charge in [-0.2, -0.15) is 0 Å². The molecular formula is C22H26N4O3. The second-order valence-corrected chi connectivity index (χ2v) is 6.56. The maximum atomic E-state index is 11.9. The van der Waals surface area contributed by atoms with Gasteiger partial charge in [0.25, 0.3) is 0 Å². The van der Waals surface area contributed by atoms with Crippen LogP contribution in [0, 0.1) is 0 Å². The number of carbonyl (C=O) groups is 3. The second-order valence-electron chi connectivity index (χ2n) is 6.56. The predicted octanol–water partition coefficient (Wildman–Crippen LogP) is 2.90. The lowest BCUT2D eigenvalue weighted by atomic mass is 10.1. The van der Waals surface area contributed by atoms with E-state index in [-0.39, 0.29) is 11.8 Å². The summed E-state index contributed by atoms with van der Waals surface area (Å²) in [5.41, 5.74) is 7.11. The van der Waals surface area contributed by atoms with Gasteiger partial charge in [-0.3, -0.25) is 19.4 Å². The third-order valence-corrected chi connectivity index (χ3v) is 4.19. The van der Waals surface area contributed by atoms with Crippen LogP contribution >= 0.6 is 0 Å². The van der Waals surface area contributed by atoms with Crippen molar-refractivity contribution in [2.24, 2.45) is 5.73 Å². The van der Waals surface area contributed by atoms with Crippen LogP contribution in [0.2, 0.25) is 0 Å². The van der Waals surface area contributed by atoms with Crippen LogP contribution in [0.4, 0.5) is 5.69 Å². The quantitative estimate of drug-likeness (QED) is 0.401. The Labute approximate surface area is 170 Å². The SMILES string of the molecule is NC(=O)c1ccc(NC(=O)CCCCCCNC(=O)/C=C/c2cccnc2)cc1. The summed E-state index contributed by atoms with van der Waals surface area (Å²) in [5.74, 6) is -0.690. The summed E-state index contributed by atoms with van der Waals surface area (Å²) >= 11 is 0. The third kappa shape index (κ3) is 8.83. The first-order chi connectivity index (χ1) is 14.0. The number of nitrogens with two attached hydrogens (primary N) is 1. The second kappa shape index (κ2) is 12.1. The summed E-state index contributed by atoms with van der Waals surface area (Å²) in [4.78, 5) is 38.7. The van der Waals surface area contributed by atoms with Gasteiger partial charge in [-0.25, -0.2) is 0 Å². The zero-order valence-corrected chi connectivity index (χ0v) is 16.3. The number of carbonyl (C=O) groups excluding carboxylic acids is 3. The first kappa shape index (κ1) is 21.8. The van der Waals surface area contributed by atoms with E-state index in [1.54, 1.807) is 42.7 Å². The van der Waals surface area contributed by atoms with E-state index in [0.29, 0.717) is 24.2 Å². The number of amides is 3. The highest BCUT2D eigenvalue weighted by molar-refractivity contribution is 5.94. The van der Waals surface area contributed by atoms with Crippen LogP contribution in [-0.2, 0) is 9.59 Å². The number of hydrogen-bond donors (Lipinski definition) is 3. The Kier molecular flexibility index (Phi) is 9.08. The van der Waals surface area contributed by atoms with Gasteiger partial charge in [0.1, 0.15) is 0 Å². The molecule has 0 aliphatic rings. The molecule has 3 amide bonds. The average molecular weight is 394 g/mol. The molecular weight excluding hydrogens is 368 g/mol. The number of primary amides is 1. The number of anilines is 1. The number of pyridine rings is 1. The lowest BCUT2D eigenvalue weighted by molar-refractivity contribution is -0.117. The molecule has 29 heavy (non-hydrogen) atoms. The van der Waals surface area contributed by atoms with Crippen LogP contribution in [0.3, 0.4) is 0 Å². The number of benzene rings is 1. The van der Waals surface area contributed by atoms with E-state index in [1.807, 2.05) is 12.1 Å². The van der Waals surface area contributed by atoms with Gasteiger partial charge in [0, 0.05) is 42.7 Å². The first-order valence-corrected chi connectivity index (χ1v) is 9.60. The number of hydrogen-bond acceptors (Lipinski definition) is 4. The summed E-state index contributed by atoms with van der Waals surface area (Å²) in [6.45, 7) is 0.606. The molecule has 1 aromatic heterocycles. The molecule has 4 N–H and O–H groups in total. The number of nitrogens with one attached hydrogen (secondary N) is 2. The number of aromatic nitrogens is 1. The normalized spacial score (nSPS) is 10.6. The molecule has 0 atom stereocenters. The van der Waals surface area contributed by atoms with E-state index >= 15 is 0 Å². The molecule has 7 heteroatoms. The van der Waals surface area contributed by atoms with Gasteiger partial charge in [0.15, 0.2) is 0 Å². The molecule has 0 saturated heterocycles. The van der Waals surface area contributed by atoms with E-state index < -0.39 is 5.91 Å². The van der Waals surface area contributed by atoms with Crippen LogP contribution < -0.4 is 16.4 Å². The fraction of sp³-hybridized carbons (Fsp3) is 0.273. The lowest BCUT2D eigenvalue weighted by Crippen LogP contribution is -2.22. The van der Waals surface area contributed by atoms with Gasteiger partial charge in [-0.1, -0.05) is 18.9 Å². The minimum Gasteiger partial charge on any atom is -0.366 e. The number of unbranched alkanes of at least 4 members (excludes halogenated alkanes) is 3. The minimum absolute atomic E-state index is 0.0642.